The molecule has 0 radical (unpaired) electrons. The first-order chi connectivity index (χ1) is 4.57. The number of carbonyl (C=O) groups is 1. The summed E-state index contributed by atoms with van der Waals surface area (Å²) in [6, 6.07) is 0.214. The van der Waals surface area contributed by atoms with Crippen LogP contribution in [0.15, 0.2) is 12.3 Å². The lowest BCUT2D eigenvalue weighted by Gasteiger charge is -2.09. The van der Waals surface area contributed by atoms with Gasteiger partial charge in [0, 0.05) is 6.04 Å². The number of hydrogen-bond donors (Lipinski definition) is 1. The summed E-state index contributed by atoms with van der Waals surface area (Å²) in [6.07, 6.45) is 0. The van der Waals surface area contributed by atoms with Crippen molar-refractivity contribution >= 4 is 5.97 Å². The molecule has 0 aromatic carbocycles. The zero-order chi connectivity index (χ0) is 8.15. The normalized spacial score (nSPS) is 9.20. The second kappa shape index (κ2) is 3.93. The number of carbonyl (C=O) groups excluding carboxylic acids is 1. The van der Waals surface area contributed by atoms with Gasteiger partial charge in [-0.1, -0.05) is 6.58 Å². The zero-order valence-electron chi connectivity index (χ0n) is 6.60. The number of methoxy groups -OCH3 is 1. The third-order valence-electron chi connectivity index (χ3n) is 0.895. The molecule has 0 aromatic heterocycles. The van der Waals surface area contributed by atoms with Crippen LogP contribution in [0.5, 0.6) is 0 Å². The number of ether oxygens (including phenoxy) is 1. The maximum atomic E-state index is 10.7. The smallest absolute Gasteiger partial charge is 0.353 e. The number of rotatable bonds is 3. The summed E-state index contributed by atoms with van der Waals surface area (Å²) in [5.74, 6) is -0.409. The van der Waals surface area contributed by atoms with Gasteiger partial charge in [-0.3, -0.25) is 0 Å². The summed E-state index contributed by atoms with van der Waals surface area (Å²) in [5.41, 5.74) is 0.303. The zero-order valence-corrected chi connectivity index (χ0v) is 6.60. The average molecular weight is 143 g/mol. The Morgan fingerprint density at radius 3 is 2.40 bits per heavy atom. The molecule has 0 unspecified atom stereocenters. The highest BCUT2D eigenvalue weighted by atomic mass is 16.5. The largest absolute Gasteiger partial charge is 0.464 e. The van der Waals surface area contributed by atoms with E-state index < -0.39 is 5.97 Å². The first-order valence-corrected chi connectivity index (χ1v) is 3.11. The van der Waals surface area contributed by atoms with Crippen molar-refractivity contribution in [3.63, 3.8) is 0 Å². The van der Waals surface area contributed by atoms with Crippen LogP contribution in [0.25, 0.3) is 0 Å². The molecule has 10 heavy (non-hydrogen) atoms. The fraction of sp³-hybridized carbons (Fsp3) is 0.571. The molecule has 1 N–H and O–H groups in total. The highest BCUT2D eigenvalue weighted by Crippen LogP contribution is 1.90. The molecule has 0 amide bonds. The molecule has 0 aliphatic carbocycles. The second-order valence-corrected chi connectivity index (χ2v) is 2.27. The van der Waals surface area contributed by atoms with Gasteiger partial charge in [0.05, 0.1) is 7.11 Å². The van der Waals surface area contributed by atoms with Crippen LogP contribution in [-0.4, -0.2) is 19.1 Å². The molecule has 0 spiro atoms. The second-order valence-electron chi connectivity index (χ2n) is 2.27. The van der Waals surface area contributed by atoms with Gasteiger partial charge in [0.2, 0.25) is 0 Å². The van der Waals surface area contributed by atoms with Crippen molar-refractivity contribution < 1.29 is 9.53 Å². The van der Waals surface area contributed by atoms with E-state index in [0.29, 0.717) is 5.70 Å². The number of esters is 1. The first kappa shape index (κ1) is 9.01. The molecule has 0 fully saturated rings. The van der Waals surface area contributed by atoms with Gasteiger partial charge >= 0.3 is 5.97 Å². The molecule has 58 valence electrons. The molecule has 0 saturated heterocycles. The van der Waals surface area contributed by atoms with Crippen molar-refractivity contribution in [2.24, 2.45) is 0 Å². The van der Waals surface area contributed by atoms with Gasteiger partial charge in [-0.05, 0) is 13.8 Å². The van der Waals surface area contributed by atoms with Crippen LogP contribution >= 0.6 is 0 Å². The Morgan fingerprint density at radius 1 is 1.60 bits per heavy atom. The number of hydrogen-bond acceptors (Lipinski definition) is 3. The van der Waals surface area contributed by atoms with Crippen LogP contribution in [0.2, 0.25) is 0 Å². The van der Waals surface area contributed by atoms with Crippen LogP contribution in [0.1, 0.15) is 13.8 Å². The van der Waals surface area contributed by atoms with E-state index in [2.05, 4.69) is 16.6 Å². The van der Waals surface area contributed by atoms with E-state index in [1.807, 2.05) is 13.8 Å². The van der Waals surface area contributed by atoms with Crippen molar-refractivity contribution in [2.45, 2.75) is 19.9 Å². The molecule has 0 aromatic rings. The van der Waals surface area contributed by atoms with Gasteiger partial charge in [-0.25, -0.2) is 4.79 Å². The van der Waals surface area contributed by atoms with E-state index >= 15 is 0 Å². The van der Waals surface area contributed by atoms with Gasteiger partial charge < -0.3 is 10.1 Å². The minimum atomic E-state index is -0.409. The molecule has 0 rings (SSSR count). The summed E-state index contributed by atoms with van der Waals surface area (Å²) >= 11 is 0. The molecular formula is C7H13NO2. The van der Waals surface area contributed by atoms with Crippen LogP contribution in [0.4, 0.5) is 0 Å². The average Bonchev–Trinajstić information content (AvgIpc) is 1.85. The summed E-state index contributed by atoms with van der Waals surface area (Å²) in [4.78, 5) is 10.7. The number of nitrogens with one attached hydrogen (secondary N) is 1. The SMILES string of the molecule is C=C(NC(C)C)C(=O)OC. The summed E-state index contributed by atoms with van der Waals surface area (Å²) < 4.78 is 4.41. The minimum Gasteiger partial charge on any atom is -0.464 e. The first-order valence-electron chi connectivity index (χ1n) is 3.11. The maximum Gasteiger partial charge on any atom is 0.353 e. The Balaban J connectivity index is 3.74. The Hall–Kier alpha value is -0.990. The van der Waals surface area contributed by atoms with Crippen molar-refractivity contribution in [1.82, 2.24) is 5.32 Å². The van der Waals surface area contributed by atoms with Crippen LogP contribution < -0.4 is 5.32 Å². The Kier molecular flexibility index (Phi) is 3.54. The van der Waals surface area contributed by atoms with Crippen molar-refractivity contribution in [1.29, 1.82) is 0 Å². The van der Waals surface area contributed by atoms with E-state index in [1.54, 1.807) is 0 Å². The fourth-order valence-corrected chi connectivity index (χ4v) is 0.531. The van der Waals surface area contributed by atoms with Crippen molar-refractivity contribution in [3.05, 3.63) is 12.3 Å². The van der Waals surface area contributed by atoms with E-state index in [-0.39, 0.29) is 6.04 Å². The van der Waals surface area contributed by atoms with E-state index in [1.165, 1.54) is 7.11 Å². The fourth-order valence-electron chi connectivity index (χ4n) is 0.531. The van der Waals surface area contributed by atoms with E-state index in [9.17, 15) is 4.79 Å². The Labute approximate surface area is 61.1 Å². The van der Waals surface area contributed by atoms with E-state index in [4.69, 9.17) is 0 Å². The molecule has 3 heteroatoms. The third kappa shape index (κ3) is 3.12. The Bertz CT molecular complexity index is 141. The molecule has 0 aliphatic rings. The topological polar surface area (TPSA) is 38.3 Å². The van der Waals surface area contributed by atoms with Crippen LogP contribution in [-0.2, 0) is 9.53 Å². The predicted molar refractivity (Wildman–Crippen MR) is 39.4 cm³/mol. The highest BCUT2D eigenvalue weighted by molar-refractivity contribution is 5.86. The van der Waals surface area contributed by atoms with Crippen LogP contribution in [0, 0.1) is 0 Å². The van der Waals surface area contributed by atoms with Gasteiger partial charge in [0.25, 0.3) is 0 Å². The van der Waals surface area contributed by atoms with Gasteiger partial charge in [-0.15, -0.1) is 0 Å². The van der Waals surface area contributed by atoms with Crippen LogP contribution in [0.3, 0.4) is 0 Å². The molecule has 0 heterocycles. The van der Waals surface area contributed by atoms with Crippen molar-refractivity contribution in [2.75, 3.05) is 7.11 Å². The van der Waals surface area contributed by atoms with Crippen molar-refractivity contribution in [3.8, 4) is 0 Å². The highest BCUT2D eigenvalue weighted by Gasteiger charge is 2.05. The summed E-state index contributed by atoms with van der Waals surface area (Å²) in [7, 11) is 1.33. The van der Waals surface area contributed by atoms with E-state index in [0.717, 1.165) is 0 Å². The Morgan fingerprint density at radius 2 is 2.10 bits per heavy atom. The quantitative estimate of drug-likeness (QED) is 0.466. The maximum absolute atomic E-state index is 10.7. The monoisotopic (exact) mass is 143 g/mol. The summed E-state index contributed by atoms with van der Waals surface area (Å²) in [5, 5.41) is 2.82. The molecule has 3 nitrogen and oxygen atoms in total. The standard InChI is InChI=1S/C7H13NO2/c1-5(2)8-6(3)7(9)10-4/h5,8H,3H2,1-2,4H3. The van der Waals surface area contributed by atoms with Gasteiger partial charge in [-0.2, -0.15) is 0 Å². The molecule has 0 atom stereocenters. The minimum absolute atomic E-state index is 0.214. The lowest BCUT2D eigenvalue weighted by Crippen LogP contribution is -2.26. The third-order valence-corrected chi connectivity index (χ3v) is 0.895. The molecular weight excluding hydrogens is 130 g/mol. The molecule has 0 saturated carbocycles. The lowest BCUT2D eigenvalue weighted by molar-refractivity contribution is -0.136. The predicted octanol–water partition coefficient (Wildman–Crippen LogP) is 0.671. The molecule has 0 aliphatic heterocycles. The molecule has 0 bridgehead atoms. The van der Waals surface area contributed by atoms with Gasteiger partial charge in [0.15, 0.2) is 0 Å². The summed E-state index contributed by atoms with van der Waals surface area (Å²) in [6.45, 7) is 7.33. The van der Waals surface area contributed by atoms with Gasteiger partial charge in [0.1, 0.15) is 5.70 Å². The lowest BCUT2D eigenvalue weighted by atomic mass is 10.3.